The van der Waals surface area contributed by atoms with E-state index in [0.717, 1.165) is 21.3 Å². The lowest BCUT2D eigenvalue weighted by atomic mass is 9.98. The van der Waals surface area contributed by atoms with E-state index in [4.69, 9.17) is 16.6 Å². The lowest BCUT2D eigenvalue weighted by molar-refractivity contribution is -0.123. The molecule has 4 aromatic rings. The molecule has 1 atom stereocenters. The number of aryl methyl sites for hydroxylation is 2. The molecule has 1 amide bonds. The Balaban J connectivity index is 1.43. The summed E-state index contributed by atoms with van der Waals surface area (Å²) in [5, 5.41) is 5.37. The number of hydrogen-bond donors (Lipinski definition) is 0. The van der Waals surface area contributed by atoms with Crippen molar-refractivity contribution >= 4 is 54.2 Å². The molecule has 0 spiro atoms. The summed E-state index contributed by atoms with van der Waals surface area (Å²) in [6.45, 7) is 5.47. The van der Waals surface area contributed by atoms with E-state index < -0.39 is 15.9 Å². The highest BCUT2D eigenvalue weighted by Gasteiger charge is 2.36. The molecular weight excluding hydrogens is 530 g/mol. The Bertz CT molecular complexity index is 1520. The summed E-state index contributed by atoms with van der Waals surface area (Å²) in [7, 11) is -3.74. The number of nitrogens with zero attached hydrogens (tertiary/aromatic N) is 5. The molecule has 2 aromatic heterocycles. The number of thiazole rings is 1. The third-order valence-electron chi connectivity index (χ3n) is 6.61. The van der Waals surface area contributed by atoms with Gasteiger partial charge in [0.2, 0.25) is 15.9 Å². The van der Waals surface area contributed by atoms with Crippen LogP contribution in [-0.4, -0.2) is 53.0 Å². The number of rotatable bonds is 7. The quantitative estimate of drug-likeness (QED) is 0.322. The van der Waals surface area contributed by atoms with Gasteiger partial charge in [-0.05, 0) is 74.2 Å². The lowest BCUT2D eigenvalue weighted by Gasteiger charge is -2.33. The van der Waals surface area contributed by atoms with E-state index in [1.54, 1.807) is 27.9 Å². The van der Waals surface area contributed by atoms with Crippen molar-refractivity contribution in [1.82, 2.24) is 19.1 Å². The number of carbonyl (C=O) groups is 1. The van der Waals surface area contributed by atoms with Gasteiger partial charge in [0, 0.05) is 37.1 Å². The fourth-order valence-corrected chi connectivity index (χ4v) is 7.57. The van der Waals surface area contributed by atoms with E-state index in [2.05, 4.69) is 17.2 Å². The third-order valence-corrected chi connectivity index (χ3v) is 9.77. The Labute approximate surface area is 225 Å². The van der Waals surface area contributed by atoms with Gasteiger partial charge in [-0.2, -0.15) is 9.40 Å². The molecule has 11 heteroatoms. The topological polar surface area (TPSA) is 88.4 Å². The number of benzene rings is 2. The van der Waals surface area contributed by atoms with Crippen molar-refractivity contribution in [2.45, 2.75) is 38.1 Å². The van der Waals surface area contributed by atoms with Crippen LogP contribution in [0.5, 0.6) is 0 Å². The minimum absolute atomic E-state index is 0.114. The van der Waals surface area contributed by atoms with Crippen LogP contribution in [-0.2, 0) is 21.4 Å². The fourth-order valence-electron chi connectivity index (χ4n) is 4.75. The van der Waals surface area contributed by atoms with Gasteiger partial charge in [-0.25, -0.2) is 13.4 Å². The van der Waals surface area contributed by atoms with Crippen LogP contribution in [0, 0.1) is 19.8 Å². The third kappa shape index (κ3) is 5.43. The Morgan fingerprint density at radius 1 is 1.22 bits per heavy atom. The van der Waals surface area contributed by atoms with E-state index in [9.17, 15) is 13.2 Å². The molecule has 5 rings (SSSR count). The van der Waals surface area contributed by atoms with Gasteiger partial charge in [-0.15, -0.1) is 0 Å². The second kappa shape index (κ2) is 10.5. The predicted molar refractivity (Wildman–Crippen MR) is 147 cm³/mol. The number of carbonyl (C=O) groups excluding carboxylic acids is 1. The van der Waals surface area contributed by atoms with Gasteiger partial charge in [0.25, 0.3) is 0 Å². The largest absolute Gasteiger partial charge is 0.286 e. The van der Waals surface area contributed by atoms with E-state index in [1.165, 1.54) is 27.8 Å². The number of hydrogen-bond acceptors (Lipinski definition) is 6. The molecule has 0 bridgehead atoms. The van der Waals surface area contributed by atoms with Crippen LogP contribution >= 0.6 is 22.9 Å². The normalized spacial score (nSPS) is 16.8. The molecule has 0 radical (unpaired) electrons. The Morgan fingerprint density at radius 2 is 2.00 bits per heavy atom. The van der Waals surface area contributed by atoms with Crippen molar-refractivity contribution in [1.29, 1.82) is 0 Å². The highest BCUT2D eigenvalue weighted by atomic mass is 35.5. The maximum Gasteiger partial charge on any atom is 0.243 e. The van der Waals surface area contributed by atoms with Crippen molar-refractivity contribution in [3.05, 3.63) is 71.0 Å². The molecule has 1 aliphatic rings. The molecule has 8 nitrogen and oxygen atoms in total. The first-order valence-corrected chi connectivity index (χ1v) is 14.8. The van der Waals surface area contributed by atoms with Gasteiger partial charge < -0.3 is 0 Å². The summed E-state index contributed by atoms with van der Waals surface area (Å²) in [6, 6.07) is 12.2. The summed E-state index contributed by atoms with van der Waals surface area (Å²) < 4.78 is 30.8. The average Bonchev–Trinajstić information content (AvgIpc) is 3.55. The van der Waals surface area contributed by atoms with E-state index >= 15 is 0 Å². The molecule has 1 aliphatic heterocycles. The minimum Gasteiger partial charge on any atom is -0.286 e. The average molecular weight is 558 g/mol. The molecular formula is C26H28ClN5O3S2. The number of sulfonamides is 1. The zero-order chi connectivity index (χ0) is 26.2. The first-order valence-electron chi connectivity index (χ1n) is 12.1. The zero-order valence-corrected chi connectivity index (χ0v) is 23.1. The van der Waals surface area contributed by atoms with Crippen LogP contribution in [0.4, 0.5) is 5.13 Å². The summed E-state index contributed by atoms with van der Waals surface area (Å²) in [4.78, 5) is 20.7. The van der Waals surface area contributed by atoms with Crippen LogP contribution in [0.3, 0.4) is 0 Å². The lowest BCUT2D eigenvalue weighted by Crippen LogP contribution is -2.47. The van der Waals surface area contributed by atoms with Crippen molar-refractivity contribution in [2.24, 2.45) is 5.92 Å². The Morgan fingerprint density at radius 3 is 2.73 bits per heavy atom. The molecule has 0 N–H and O–H groups in total. The van der Waals surface area contributed by atoms with Crippen molar-refractivity contribution in [3.63, 3.8) is 0 Å². The number of halogens is 1. The standard InChI is InChI=1S/C26H28ClN5O3S2/c1-18-15-19(2)24-23(16-18)36-26(29-24)32(14-13-30-11-4-10-28-30)25(33)20-5-3-12-31(17-20)37(34,35)22-8-6-21(27)7-9-22/h4,6-11,15-16,20H,3,5,12-14,17H2,1-2H3. The van der Waals surface area contributed by atoms with Crippen LogP contribution in [0.15, 0.2) is 59.8 Å². The zero-order valence-electron chi connectivity index (χ0n) is 20.7. The van der Waals surface area contributed by atoms with Gasteiger partial charge in [0.1, 0.15) is 0 Å². The van der Waals surface area contributed by atoms with Crippen LogP contribution in [0.25, 0.3) is 10.2 Å². The minimum atomic E-state index is -3.74. The maximum atomic E-state index is 14.0. The summed E-state index contributed by atoms with van der Waals surface area (Å²) >= 11 is 7.44. The SMILES string of the molecule is Cc1cc(C)c2nc(N(CCn3cccn3)C(=O)C3CCCN(S(=O)(=O)c4ccc(Cl)cc4)C3)sc2c1. The Kier molecular flexibility index (Phi) is 7.35. The second-order valence-electron chi connectivity index (χ2n) is 9.34. The first-order chi connectivity index (χ1) is 17.7. The molecule has 3 heterocycles. The molecule has 2 aromatic carbocycles. The number of amides is 1. The van der Waals surface area contributed by atoms with Crippen molar-refractivity contribution < 1.29 is 13.2 Å². The van der Waals surface area contributed by atoms with Crippen LogP contribution in [0.1, 0.15) is 24.0 Å². The van der Waals surface area contributed by atoms with Gasteiger partial charge in [0.15, 0.2) is 5.13 Å². The molecule has 0 saturated carbocycles. The van der Waals surface area contributed by atoms with Crippen molar-refractivity contribution in [3.8, 4) is 0 Å². The fraction of sp³-hybridized carbons (Fsp3) is 0.346. The highest BCUT2D eigenvalue weighted by molar-refractivity contribution is 7.89. The molecule has 0 aliphatic carbocycles. The number of piperidine rings is 1. The summed E-state index contributed by atoms with van der Waals surface area (Å²) in [5.74, 6) is -0.583. The van der Waals surface area contributed by atoms with Crippen LogP contribution < -0.4 is 4.90 Å². The summed E-state index contributed by atoms with van der Waals surface area (Å²) in [6.07, 6.45) is 4.79. The monoisotopic (exact) mass is 557 g/mol. The smallest absolute Gasteiger partial charge is 0.243 e. The van der Waals surface area contributed by atoms with Gasteiger partial charge in [0.05, 0.1) is 27.6 Å². The maximum absolute atomic E-state index is 14.0. The number of aromatic nitrogens is 3. The highest BCUT2D eigenvalue weighted by Crippen LogP contribution is 2.34. The molecule has 1 unspecified atom stereocenters. The second-order valence-corrected chi connectivity index (χ2v) is 12.7. The van der Waals surface area contributed by atoms with E-state index in [0.29, 0.717) is 42.6 Å². The number of anilines is 1. The number of fused-ring (bicyclic) bond motifs is 1. The molecule has 37 heavy (non-hydrogen) atoms. The first kappa shape index (κ1) is 25.8. The van der Waals surface area contributed by atoms with E-state index in [1.807, 2.05) is 26.1 Å². The van der Waals surface area contributed by atoms with Gasteiger partial charge >= 0.3 is 0 Å². The molecule has 194 valence electrons. The molecule has 1 fully saturated rings. The Hall–Kier alpha value is -2.79. The van der Waals surface area contributed by atoms with Crippen molar-refractivity contribution in [2.75, 3.05) is 24.5 Å². The predicted octanol–water partition coefficient (Wildman–Crippen LogP) is 4.90. The van der Waals surface area contributed by atoms with Gasteiger partial charge in [-0.3, -0.25) is 14.4 Å². The molecule has 1 saturated heterocycles. The van der Waals surface area contributed by atoms with Gasteiger partial charge in [-0.1, -0.05) is 29.0 Å². The summed E-state index contributed by atoms with van der Waals surface area (Å²) in [5.41, 5.74) is 3.10. The van der Waals surface area contributed by atoms with E-state index in [-0.39, 0.29) is 17.3 Å². The van der Waals surface area contributed by atoms with Crippen LogP contribution in [0.2, 0.25) is 5.02 Å².